The highest BCUT2D eigenvalue weighted by molar-refractivity contribution is 5.96. The summed E-state index contributed by atoms with van der Waals surface area (Å²) in [6.45, 7) is 1.11. The molecular formula is C21H22N4O2. The van der Waals surface area contributed by atoms with E-state index in [-0.39, 0.29) is 11.5 Å². The van der Waals surface area contributed by atoms with Crippen LogP contribution < -0.4 is 0 Å². The molecule has 27 heavy (non-hydrogen) atoms. The summed E-state index contributed by atoms with van der Waals surface area (Å²) in [4.78, 5) is 6.78. The van der Waals surface area contributed by atoms with E-state index in [4.69, 9.17) is 0 Å². The third-order valence-electron chi connectivity index (χ3n) is 5.13. The highest BCUT2D eigenvalue weighted by atomic mass is 16.3. The van der Waals surface area contributed by atoms with E-state index in [9.17, 15) is 10.2 Å². The molecule has 6 nitrogen and oxygen atoms in total. The summed E-state index contributed by atoms with van der Waals surface area (Å²) in [5.41, 5.74) is 1.51. The molecular weight excluding hydrogens is 340 g/mol. The number of likely N-dealkylation sites (tertiary alicyclic amines) is 1. The highest BCUT2D eigenvalue weighted by Crippen LogP contribution is 2.37. The summed E-state index contributed by atoms with van der Waals surface area (Å²) in [6.07, 6.45) is 5.49. The average molecular weight is 362 g/mol. The maximum absolute atomic E-state index is 10.2. The zero-order valence-electron chi connectivity index (χ0n) is 15.2. The van der Waals surface area contributed by atoms with Gasteiger partial charge < -0.3 is 10.2 Å². The van der Waals surface area contributed by atoms with Gasteiger partial charge in [-0.2, -0.15) is 0 Å². The number of aromatic nitrogens is 1. The smallest absolute Gasteiger partial charge is 0.174 e. The standard InChI is InChI=1S/C21H22N4O2/c1-25-11-3-2-4-18(25)15-7-10-20(22-13-15)23-24-21-17-12-16(26)8-5-14(17)6-9-19(21)27/h5-10,12-13,18,26-27H,2-4,11H2,1H3. The zero-order valence-corrected chi connectivity index (χ0v) is 15.2. The van der Waals surface area contributed by atoms with Crippen LogP contribution in [0.3, 0.4) is 0 Å². The minimum atomic E-state index is 0.0114. The van der Waals surface area contributed by atoms with Crippen LogP contribution in [-0.4, -0.2) is 33.7 Å². The van der Waals surface area contributed by atoms with Crippen molar-refractivity contribution in [2.24, 2.45) is 10.2 Å². The Hall–Kier alpha value is -2.99. The van der Waals surface area contributed by atoms with Crippen LogP contribution in [0.4, 0.5) is 11.5 Å². The molecule has 1 aromatic heterocycles. The molecule has 4 rings (SSSR count). The summed E-state index contributed by atoms with van der Waals surface area (Å²) < 4.78 is 0. The van der Waals surface area contributed by atoms with Crippen LogP contribution in [0.5, 0.6) is 11.5 Å². The number of azo groups is 1. The fraction of sp³-hybridized carbons (Fsp3) is 0.286. The number of hydrogen-bond acceptors (Lipinski definition) is 6. The molecule has 1 aliphatic heterocycles. The molecule has 0 spiro atoms. The van der Waals surface area contributed by atoms with Gasteiger partial charge in [0.1, 0.15) is 17.2 Å². The van der Waals surface area contributed by atoms with Crippen LogP contribution in [0.25, 0.3) is 10.8 Å². The van der Waals surface area contributed by atoms with Gasteiger partial charge in [-0.05, 0) is 61.6 Å². The largest absolute Gasteiger partial charge is 0.508 e. The number of rotatable bonds is 3. The monoisotopic (exact) mass is 362 g/mol. The molecule has 0 radical (unpaired) electrons. The first-order chi connectivity index (χ1) is 13.1. The lowest BCUT2D eigenvalue weighted by molar-refractivity contribution is 0.187. The minimum Gasteiger partial charge on any atom is -0.508 e. The van der Waals surface area contributed by atoms with Crippen molar-refractivity contribution in [1.29, 1.82) is 0 Å². The molecule has 1 atom stereocenters. The van der Waals surface area contributed by atoms with Gasteiger partial charge >= 0.3 is 0 Å². The third kappa shape index (κ3) is 3.61. The summed E-state index contributed by atoms with van der Waals surface area (Å²) in [5.74, 6) is 0.606. The van der Waals surface area contributed by atoms with Crippen molar-refractivity contribution in [1.82, 2.24) is 9.88 Å². The number of benzene rings is 2. The van der Waals surface area contributed by atoms with E-state index in [1.54, 1.807) is 30.3 Å². The minimum absolute atomic E-state index is 0.0114. The van der Waals surface area contributed by atoms with Crippen molar-refractivity contribution in [2.45, 2.75) is 25.3 Å². The van der Waals surface area contributed by atoms with Crippen molar-refractivity contribution in [3.05, 3.63) is 54.2 Å². The van der Waals surface area contributed by atoms with Crippen LogP contribution in [0.1, 0.15) is 30.9 Å². The predicted octanol–water partition coefficient (Wildman–Crippen LogP) is 5.22. The van der Waals surface area contributed by atoms with E-state index in [0.29, 0.717) is 22.9 Å². The maximum Gasteiger partial charge on any atom is 0.174 e. The van der Waals surface area contributed by atoms with E-state index in [1.807, 2.05) is 18.3 Å². The molecule has 0 saturated carbocycles. The Balaban J connectivity index is 1.61. The number of hydrogen-bond donors (Lipinski definition) is 2. The lowest BCUT2D eigenvalue weighted by Gasteiger charge is -2.32. The van der Waals surface area contributed by atoms with Gasteiger partial charge in [0, 0.05) is 17.6 Å². The van der Waals surface area contributed by atoms with Gasteiger partial charge in [-0.1, -0.05) is 24.6 Å². The molecule has 3 aromatic rings. The van der Waals surface area contributed by atoms with Crippen molar-refractivity contribution in [3.63, 3.8) is 0 Å². The number of nitrogens with zero attached hydrogens (tertiary/aromatic N) is 4. The van der Waals surface area contributed by atoms with Crippen LogP contribution in [0.15, 0.2) is 58.9 Å². The number of phenols is 2. The van der Waals surface area contributed by atoms with Gasteiger partial charge in [0.15, 0.2) is 5.82 Å². The van der Waals surface area contributed by atoms with E-state index in [2.05, 4.69) is 27.2 Å². The predicted molar refractivity (Wildman–Crippen MR) is 105 cm³/mol. The molecule has 1 saturated heterocycles. The van der Waals surface area contributed by atoms with Crippen LogP contribution in [0, 0.1) is 0 Å². The fourth-order valence-corrected chi connectivity index (χ4v) is 3.64. The Labute approximate surface area is 157 Å². The fourth-order valence-electron chi connectivity index (χ4n) is 3.64. The number of phenolic OH excluding ortho intramolecular Hbond substituents is 2. The second-order valence-electron chi connectivity index (χ2n) is 6.98. The lowest BCUT2D eigenvalue weighted by Crippen LogP contribution is -2.29. The summed E-state index contributed by atoms with van der Waals surface area (Å²) in [7, 11) is 2.15. The Morgan fingerprint density at radius 2 is 1.89 bits per heavy atom. The quantitative estimate of drug-likeness (QED) is 0.626. The first-order valence-electron chi connectivity index (χ1n) is 9.14. The molecule has 1 unspecified atom stereocenters. The third-order valence-corrected chi connectivity index (χ3v) is 5.13. The van der Waals surface area contributed by atoms with E-state index >= 15 is 0 Å². The Morgan fingerprint density at radius 1 is 1.04 bits per heavy atom. The second-order valence-corrected chi connectivity index (χ2v) is 6.98. The SMILES string of the molecule is CN1CCCCC1c1ccc(N=Nc2c(O)ccc3ccc(O)cc23)nc1. The van der Waals surface area contributed by atoms with Gasteiger partial charge in [0.05, 0.1) is 0 Å². The Morgan fingerprint density at radius 3 is 2.67 bits per heavy atom. The molecule has 2 aromatic carbocycles. The Bertz CT molecular complexity index is 980. The molecule has 0 aliphatic carbocycles. The van der Waals surface area contributed by atoms with Gasteiger partial charge in [0.2, 0.25) is 0 Å². The molecule has 138 valence electrons. The average Bonchev–Trinajstić information content (AvgIpc) is 2.68. The van der Waals surface area contributed by atoms with Gasteiger partial charge in [0.25, 0.3) is 0 Å². The van der Waals surface area contributed by atoms with E-state index in [1.165, 1.54) is 18.4 Å². The molecule has 6 heteroatoms. The summed E-state index contributed by atoms with van der Waals surface area (Å²) >= 11 is 0. The lowest BCUT2D eigenvalue weighted by atomic mass is 9.97. The zero-order chi connectivity index (χ0) is 18.8. The van der Waals surface area contributed by atoms with Crippen molar-refractivity contribution < 1.29 is 10.2 Å². The van der Waals surface area contributed by atoms with Gasteiger partial charge in [-0.25, -0.2) is 4.98 Å². The molecule has 2 heterocycles. The highest BCUT2D eigenvalue weighted by Gasteiger charge is 2.20. The van der Waals surface area contributed by atoms with Gasteiger partial charge in [-0.3, -0.25) is 4.90 Å². The van der Waals surface area contributed by atoms with Crippen LogP contribution in [-0.2, 0) is 0 Å². The number of aromatic hydroxyl groups is 2. The van der Waals surface area contributed by atoms with E-state index < -0.39 is 0 Å². The topological polar surface area (TPSA) is 81.3 Å². The second kappa shape index (κ2) is 7.32. The van der Waals surface area contributed by atoms with Crippen molar-refractivity contribution in [3.8, 4) is 11.5 Å². The van der Waals surface area contributed by atoms with Crippen LogP contribution in [0.2, 0.25) is 0 Å². The number of fused-ring (bicyclic) bond motifs is 1. The molecule has 2 N–H and O–H groups in total. The normalized spacial score (nSPS) is 18.3. The molecule has 0 amide bonds. The van der Waals surface area contributed by atoms with Crippen molar-refractivity contribution in [2.75, 3.05) is 13.6 Å². The Kier molecular flexibility index (Phi) is 4.73. The molecule has 0 bridgehead atoms. The molecule has 1 fully saturated rings. The van der Waals surface area contributed by atoms with Crippen LogP contribution >= 0.6 is 0 Å². The number of pyridine rings is 1. The van der Waals surface area contributed by atoms with E-state index in [0.717, 1.165) is 18.4 Å². The molecule has 1 aliphatic rings. The first-order valence-corrected chi connectivity index (χ1v) is 9.14. The number of piperidine rings is 1. The van der Waals surface area contributed by atoms with Gasteiger partial charge in [-0.15, -0.1) is 10.2 Å². The summed E-state index contributed by atoms with van der Waals surface area (Å²) in [6, 6.07) is 12.6. The first kappa shape index (κ1) is 17.4. The van der Waals surface area contributed by atoms with Crippen molar-refractivity contribution >= 4 is 22.3 Å². The maximum atomic E-state index is 10.2. The summed E-state index contributed by atoms with van der Waals surface area (Å²) in [5, 5.41) is 29.8.